The minimum Gasteiger partial charge on any atom is -0.480 e. The van der Waals surface area contributed by atoms with Gasteiger partial charge in [0.25, 0.3) is 5.91 Å². The van der Waals surface area contributed by atoms with Gasteiger partial charge in [0.05, 0.1) is 0 Å². The Bertz CT molecular complexity index is 1080. The Morgan fingerprint density at radius 2 is 1.47 bits per heavy atom. The molecule has 1 amide bonds. The summed E-state index contributed by atoms with van der Waals surface area (Å²) in [6, 6.07) is 24.0. The molecule has 0 bridgehead atoms. The summed E-state index contributed by atoms with van der Waals surface area (Å²) in [7, 11) is 0. The molecule has 7 nitrogen and oxygen atoms in total. The van der Waals surface area contributed by atoms with Crippen molar-refractivity contribution in [3.05, 3.63) is 95.6 Å². The molecule has 0 aliphatic heterocycles. The van der Waals surface area contributed by atoms with Crippen LogP contribution < -0.4 is 16.8 Å². The first-order valence-electron chi connectivity index (χ1n) is 10.3. The first-order chi connectivity index (χ1) is 15.4. The van der Waals surface area contributed by atoms with Gasteiger partial charge >= 0.3 is 5.97 Å². The second-order valence-corrected chi connectivity index (χ2v) is 7.39. The number of hydrogen-bond donors (Lipinski definition) is 4. The molecule has 32 heavy (non-hydrogen) atoms. The van der Waals surface area contributed by atoms with Crippen LogP contribution >= 0.6 is 0 Å². The van der Waals surface area contributed by atoms with Crippen LogP contribution in [-0.4, -0.2) is 35.5 Å². The lowest BCUT2D eigenvalue weighted by Crippen LogP contribution is -2.34. The first kappa shape index (κ1) is 22.7. The zero-order valence-electron chi connectivity index (χ0n) is 17.6. The van der Waals surface area contributed by atoms with Crippen molar-refractivity contribution in [2.75, 3.05) is 6.54 Å². The highest BCUT2D eigenvalue weighted by Gasteiger charge is 2.12. The molecule has 164 valence electrons. The predicted molar refractivity (Wildman–Crippen MR) is 125 cm³/mol. The van der Waals surface area contributed by atoms with E-state index in [1.54, 1.807) is 24.3 Å². The van der Waals surface area contributed by atoms with Gasteiger partial charge in [0.2, 0.25) is 0 Å². The normalized spacial score (nSPS) is 12.2. The van der Waals surface area contributed by atoms with Crippen molar-refractivity contribution in [1.82, 2.24) is 5.32 Å². The summed E-state index contributed by atoms with van der Waals surface area (Å²) in [5.41, 5.74) is 15.9. The lowest BCUT2D eigenvalue weighted by atomic mass is 10.0. The van der Waals surface area contributed by atoms with E-state index in [0.29, 0.717) is 12.1 Å². The number of nitrogens with one attached hydrogen (secondary N) is 1. The van der Waals surface area contributed by atoms with Crippen molar-refractivity contribution >= 4 is 17.8 Å². The Balaban J connectivity index is 1.49. The zero-order chi connectivity index (χ0) is 22.9. The second kappa shape index (κ2) is 10.9. The average Bonchev–Trinajstić information content (AvgIpc) is 2.80. The lowest BCUT2D eigenvalue weighted by molar-refractivity contribution is -0.138. The molecule has 0 fully saturated rings. The summed E-state index contributed by atoms with van der Waals surface area (Å²) >= 11 is 0. The van der Waals surface area contributed by atoms with Gasteiger partial charge in [-0.15, -0.1) is 0 Å². The van der Waals surface area contributed by atoms with Crippen LogP contribution in [0.1, 0.15) is 21.5 Å². The maximum absolute atomic E-state index is 12.3. The SMILES string of the molecule is NC(=NC(=O)c1ccc(C[C@H](N)C(=O)O)cc1)NCCc1ccc(-c2ccccc2)cc1. The quantitative estimate of drug-likeness (QED) is 0.321. The topological polar surface area (TPSA) is 131 Å². The van der Waals surface area contributed by atoms with Crippen LogP contribution in [0.3, 0.4) is 0 Å². The highest BCUT2D eigenvalue weighted by molar-refractivity contribution is 6.02. The average molecular weight is 431 g/mol. The van der Waals surface area contributed by atoms with Gasteiger partial charge in [0.1, 0.15) is 6.04 Å². The summed E-state index contributed by atoms with van der Waals surface area (Å²) in [5.74, 6) is -1.50. The number of guanidine groups is 1. The van der Waals surface area contributed by atoms with E-state index in [9.17, 15) is 9.59 Å². The van der Waals surface area contributed by atoms with E-state index >= 15 is 0 Å². The monoisotopic (exact) mass is 430 g/mol. The van der Waals surface area contributed by atoms with Crippen molar-refractivity contribution in [2.45, 2.75) is 18.9 Å². The Labute approximate surface area is 186 Å². The number of aliphatic carboxylic acids is 1. The maximum Gasteiger partial charge on any atom is 0.320 e. The summed E-state index contributed by atoms with van der Waals surface area (Å²) in [6.07, 6.45) is 0.918. The molecule has 0 spiro atoms. The van der Waals surface area contributed by atoms with Crippen LogP contribution in [0.15, 0.2) is 83.9 Å². The fourth-order valence-corrected chi connectivity index (χ4v) is 3.17. The fraction of sp³-hybridized carbons (Fsp3) is 0.160. The molecule has 0 radical (unpaired) electrons. The van der Waals surface area contributed by atoms with Gasteiger partial charge < -0.3 is 21.9 Å². The van der Waals surface area contributed by atoms with Crippen molar-refractivity contribution in [3.8, 4) is 11.1 Å². The van der Waals surface area contributed by atoms with Crippen LogP contribution in [0.4, 0.5) is 0 Å². The number of carbonyl (C=O) groups excluding carboxylic acids is 1. The molecule has 0 aromatic heterocycles. The van der Waals surface area contributed by atoms with E-state index < -0.39 is 17.9 Å². The summed E-state index contributed by atoms with van der Waals surface area (Å²) in [4.78, 5) is 27.0. The molecule has 6 N–H and O–H groups in total. The van der Waals surface area contributed by atoms with E-state index in [4.69, 9.17) is 16.6 Å². The highest BCUT2D eigenvalue weighted by atomic mass is 16.4. The van der Waals surface area contributed by atoms with Crippen molar-refractivity contribution in [1.29, 1.82) is 0 Å². The Kier molecular flexibility index (Phi) is 7.72. The van der Waals surface area contributed by atoms with Crippen molar-refractivity contribution in [3.63, 3.8) is 0 Å². The number of aliphatic imine (C=N–C) groups is 1. The van der Waals surface area contributed by atoms with E-state index in [0.717, 1.165) is 23.1 Å². The number of nitrogens with two attached hydrogens (primary N) is 2. The van der Waals surface area contributed by atoms with E-state index in [1.165, 1.54) is 5.56 Å². The number of amides is 1. The highest BCUT2D eigenvalue weighted by Crippen LogP contribution is 2.19. The fourth-order valence-electron chi connectivity index (χ4n) is 3.17. The van der Waals surface area contributed by atoms with Gasteiger partial charge in [-0.3, -0.25) is 9.59 Å². The Hall–Kier alpha value is -3.97. The lowest BCUT2D eigenvalue weighted by Gasteiger charge is -2.08. The third kappa shape index (κ3) is 6.52. The van der Waals surface area contributed by atoms with Gasteiger partial charge in [0.15, 0.2) is 5.96 Å². The van der Waals surface area contributed by atoms with Crippen LogP contribution in [0.5, 0.6) is 0 Å². The van der Waals surface area contributed by atoms with E-state index in [1.807, 2.05) is 18.2 Å². The molecule has 0 saturated carbocycles. The van der Waals surface area contributed by atoms with Gasteiger partial charge in [0, 0.05) is 12.1 Å². The molecular formula is C25H26N4O3. The number of rotatable bonds is 8. The predicted octanol–water partition coefficient (Wildman–Crippen LogP) is 2.60. The van der Waals surface area contributed by atoms with Crippen LogP contribution in [0, 0.1) is 0 Å². The molecule has 3 rings (SSSR count). The van der Waals surface area contributed by atoms with Crippen molar-refractivity contribution in [2.24, 2.45) is 16.5 Å². The van der Waals surface area contributed by atoms with Gasteiger partial charge in [-0.25, -0.2) is 0 Å². The molecule has 0 aliphatic rings. The number of carboxylic acids is 1. The maximum atomic E-state index is 12.3. The molecule has 0 aliphatic carbocycles. The Morgan fingerprint density at radius 1 is 0.875 bits per heavy atom. The van der Waals surface area contributed by atoms with Crippen LogP contribution in [0.25, 0.3) is 11.1 Å². The minimum atomic E-state index is -1.07. The molecule has 3 aromatic carbocycles. The number of benzene rings is 3. The molecule has 7 heteroatoms. The van der Waals surface area contributed by atoms with E-state index in [-0.39, 0.29) is 12.4 Å². The number of hydrogen-bond acceptors (Lipinski definition) is 3. The zero-order valence-corrected chi connectivity index (χ0v) is 17.6. The molecule has 1 atom stereocenters. The molecular weight excluding hydrogens is 404 g/mol. The molecule has 0 heterocycles. The summed E-state index contributed by atoms with van der Waals surface area (Å²) < 4.78 is 0. The van der Waals surface area contributed by atoms with Crippen LogP contribution in [0.2, 0.25) is 0 Å². The van der Waals surface area contributed by atoms with Gasteiger partial charge in [-0.2, -0.15) is 4.99 Å². The molecule has 0 saturated heterocycles. The number of nitrogens with zero attached hydrogens (tertiary/aromatic N) is 1. The van der Waals surface area contributed by atoms with E-state index in [2.05, 4.69) is 46.7 Å². The second-order valence-electron chi connectivity index (χ2n) is 7.39. The molecule has 0 unspecified atom stereocenters. The standard InChI is InChI=1S/C25H26N4O3/c26-22(24(31)32)16-18-8-12-21(13-9-18)23(30)29-25(27)28-15-14-17-6-10-20(11-7-17)19-4-2-1-3-5-19/h1-13,22H,14-16,26H2,(H,31,32)(H3,27,28,29,30)/t22-/m0/s1. The summed E-state index contributed by atoms with van der Waals surface area (Å²) in [6.45, 7) is 0.541. The van der Waals surface area contributed by atoms with Crippen LogP contribution in [-0.2, 0) is 17.6 Å². The third-order valence-corrected chi connectivity index (χ3v) is 4.98. The molecule has 3 aromatic rings. The smallest absolute Gasteiger partial charge is 0.320 e. The number of carbonyl (C=O) groups is 2. The van der Waals surface area contributed by atoms with Gasteiger partial charge in [-0.05, 0) is 47.2 Å². The number of carboxylic acid groups (broad SMARTS) is 1. The van der Waals surface area contributed by atoms with Gasteiger partial charge in [-0.1, -0.05) is 66.7 Å². The summed E-state index contributed by atoms with van der Waals surface area (Å²) in [5, 5.41) is 11.8. The first-order valence-corrected chi connectivity index (χ1v) is 10.3. The van der Waals surface area contributed by atoms with Crippen molar-refractivity contribution < 1.29 is 14.7 Å². The Morgan fingerprint density at radius 3 is 2.09 bits per heavy atom. The largest absolute Gasteiger partial charge is 0.480 e. The third-order valence-electron chi connectivity index (χ3n) is 4.98. The minimum absolute atomic E-state index is 0.0490.